The van der Waals surface area contributed by atoms with Crippen LogP contribution in [0.4, 0.5) is 11.5 Å². The van der Waals surface area contributed by atoms with Crippen molar-refractivity contribution in [2.75, 3.05) is 5.32 Å². The highest BCUT2D eigenvalue weighted by molar-refractivity contribution is 9.10. The van der Waals surface area contributed by atoms with Crippen molar-refractivity contribution in [1.29, 1.82) is 5.26 Å². The number of rotatable bonds is 2. The second-order valence-electron chi connectivity index (χ2n) is 5.56. The Morgan fingerprint density at radius 1 is 1.12 bits per heavy atom. The lowest BCUT2D eigenvalue weighted by atomic mass is 10.1. The monoisotopic (exact) mass is 376 g/mol. The van der Waals surface area contributed by atoms with Gasteiger partial charge in [-0.1, -0.05) is 24.3 Å². The lowest BCUT2D eigenvalue weighted by Gasteiger charge is -2.13. The highest BCUT2D eigenvalue weighted by Gasteiger charge is 2.15. The number of aryl methyl sites for hydroxylation is 1. The number of hydrogen-bond acceptors (Lipinski definition) is 3. The normalized spacial score (nSPS) is 10.9. The average molecular weight is 377 g/mol. The van der Waals surface area contributed by atoms with Gasteiger partial charge >= 0.3 is 0 Å². The van der Waals surface area contributed by atoms with Crippen molar-refractivity contribution in [3.63, 3.8) is 0 Å². The molecule has 0 bridgehead atoms. The van der Waals surface area contributed by atoms with E-state index in [0.29, 0.717) is 11.2 Å². The molecule has 2 aromatic carbocycles. The van der Waals surface area contributed by atoms with E-state index >= 15 is 0 Å². The second-order valence-corrected chi connectivity index (χ2v) is 6.42. The third-order valence-corrected chi connectivity index (χ3v) is 4.71. The predicted octanol–water partition coefficient (Wildman–Crippen LogP) is 5.17. The van der Waals surface area contributed by atoms with Gasteiger partial charge in [-0.15, -0.1) is 0 Å². The number of nitrogens with zero attached hydrogens (tertiary/aromatic N) is 3. The Balaban J connectivity index is 2.05. The standard InChI is InChI=1S/C19H13BrN4/c1-12-10-18(22-15-7-3-2-6-14(15)20)24-17-9-5-4-8-16(17)23-19(24)13(12)11-21/h2-10,22H,1H3. The topological polar surface area (TPSA) is 53.1 Å². The summed E-state index contributed by atoms with van der Waals surface area (Å²) in [6.45, 7) is 1.93. The SMILES string of the molecule is Cc1cc(Nc2ccccc2Br)n2c(nc3ccccc32)c1C#N. The molecule has 2 aromatic heterocycles. The largest absolute Gasteiger partial charge is 0.340 e. The summed E-state index contributed by atoms with van der Waals surface area (Å²) in [5.74, 6) is 0.877. The number of halogens is 1. The van der Waals surface area contributed by atoms with E-state index in [1.54, 1.807) is 0 Å². The predicted molar refractivity (Wildman–Crippen MR) is 99.6 cm³/mol. The van der Waals surface area contributed by atoms with E-state index in [1.807, 2.05) is 65.9 Å². The molecule has 0 atom stereocenters. The van der Waals surface area contributed by atoms with Crippen LogP contribution in [0, 0.1) is 18.3 Å². The van der Waals surface area contributed by atoms with E-state index < -0.39 is 0 Å². The van der Waals surface area contributed by atoms with Crippen LogP contribution in [0.5, 0.6) is 0 Å². The van der Waals surface area contributed by atoms with Gasteiger partial charge in [-0.3, -0.25) is 4.40 Å². The molecule has 0 unspecified atom stereocenters. The number of hydrogen-bond donors (Lipinski definition) is 1. The first-order chi connectivity index (χ1) is 11.7. The van der Waals surface area contributed by atoms with Gasteiger partial charge in [-0.25, -0.2) is 4.98 Å². The Hall–Kier alpha value is -2.84. The van der Waals surface area contributed by atoms with Crippen molar-refractivity contribution in [1.82, 2.24) is 9.38 Å². The van der Waals surface area contributed by atoms with Crippen LogP contribution in [-0.2, 0) is 0 Å². The van der Waals surface area contributed by atoms with E-state index in [0.717, 1.165) is 32.6 Å². The average Bonchev–Trinajstić information content (AvgIpc) is 2.96. The minimum atomic E-state index is 0.601. The molecule has 0 aliphatic rings. The molecule has 0 spiro atoms. The molecule has 4 rings (SSSR count). The number of aromatic nitrogens is 2. The molecule has 4 nitrogen and oxygen atoms in total. The minimum absolute atomic E-state index is 0.601. The third kappa shape index (κ3) is 2.24. The van der Waals surface area contributed by atoms with E-state index in [1.165, 1.54) is 0 Å². The first-order valence-corrected chi connectivity index (χ1v) is 8.31. The molecule has 0 saturated carbocycles. The summed E-state index contributed by atoms with van der Waals surface area (Å²) in [4.78, 5) is 4.66. The van der Waals surface area contributed by atoms with Crippen LogP contribution in [0.25, 0.3) is 16.7 Å². The molecule has 4 aromatic rings. The fourth-order valence-corrected chi connectivity index (χ4v) is 3.27. The highest BCUT2D eigenvalue weighted by atomic mass is 79.9. The van der Waals surface area contributed by atoms with Crippen LogP contribution in [0.1, 0.15) is 11.1 Å². The van der Waals surface area contributed by atoms with E-state index in [-0.39, 0.29) is 0 Å². The van der Waals surface area contributed by atoms with Crippen LogP contribution in [0.3, 0.4) is 0 Å². The van der Waals surface area contributed by atoms with Crippen molar-refractivity contribution >= 4 is 44.1 Å². The molecule has 0 saturated heterocycles. The Labute approximate surface area is 147 Å². The molecule has 0 aliphatic heterocycles. The van der Waals surface area contributed by atoms with Gasteiger partial charge in [-0.05, 0) is 58.7 Å². The Morgan fingerprint density at radius 2 is 1.88 bits per heavy atom. The number of pyridine rings is 1. The van der Waals surface area contributed by atoms with Gasteiger partial charge < -0.3 is 5.32 Å². The molecule has 2 heterocycles. The van der Waals surface area contributed by atoms with Gasteiger partial charge in [0, 0.05) is 4.47 Å². The smallest absolute Gasteiger partial charge is 0.157 e. The summed E-state index contributed by atoms with van der Waals surface area (Å²) in [5.41, 5.74) is 4.97. The van der Waals surface area contributed by atoms with Crippen LogP contribution in [0.15, 0.2) is 59.1 Å². The Bertz CT molecular complexity index is 1120. The maximum Gasteiger partial charge on any atom is 0.157 e. The van der Waals surface area contributed by atoms with Crippen LogP contribution >= 0.6 is 15.9 Å². The van der Waals surface area contributed by atoms with E-state index in [9.17, 15) is 5.26 Å². The van der Waals surface area contributed by atoms with Gasteiger partial charge in [0.1, 0.15) is 11.9 Å². The van der Waals surface area contributed by atoms with Crippen LogP contribution in [-0.4, -0.2) is 9.38 Å². The molecule has 0 amide bonds. The van der Waals surface area contributed by atoms with Crippen molar-refractivity contribution < 1.29 is 0 Å². The van der Waals surface area contributed by atoms with Crippen molar-refractivity contribution in [3.8, 4) is 6.07 Å². The van der Waals surface area contributed by atoms with E-state index in [2.05, 4.69) is 32.3 Å². The number of benzene rings is 2. The van der Waals surface area contributed by atoms with Gasteiger partial charge in [0.15, 0.2) is 5.65 Å². The zero-order valence-corrected chi connectivity index (χ0v) is 14.5. The fourth-order valence-electron chi connectivity index (χ4n) is 2.89. The van der Waals surface area contributed by atoms with Crippen molar-refractivity contribution in [2.24, 2.45) is 0 Å². The maximum absolute atomic E-state index is 9.54. The zero-order chi connectivity index (χ0) is 16.7. The molecule has 5 heteroatoms. The number of imidazole rings is 1. The van der Waals surface area contributed by atoms with Crippen molar-refractivity contribution in [3.05, 3.63) is 70.2 Å². The summed E-state index contributed by atoms with van der Waals surface area (Å²) >= 11 is 3.57. The lowest BCUT2D eigenvalue weighted by molar-refractivity contribution is 1.19. The summed E-state index contributed by atoms with van der Waals surface area (Å²) in [6, 6.07) is 20.1. The number of nitrogens with one attached hydrogen (secondary N) is 1. The fraction of sp³-hybridized carbons (Fsp3) is 0.0526. The number of nitriles is 1. The molecule has 24 heavy (non-hydrogen) atoms. The van der Waals surface area contributed by atoms with Gasteiger partial charge in [0.05, 0.1) is 22.3 Å². The lowest BCUT2D eigenvalue weighted by Crippen LogP contribution is -2.02. The molecule has 1 N–H and O–H groups in total. The zero-order valence-electron chi connectivity index (χ0n) is 12.9. The molecule has 0 fully saturated rings. The third-order valence-electron chi connectivity index (χ3n) is 4.02. The molecular weight excluding hydrogens is 364 g/mol. The first-order valence-electron chi connectivity index (χ1n) is 7.51. The summed E-state index contributed by atoms with van der Waals surface area (Å²) in [6.07, 6.45) is 0. The van der Waals surface area contributed by atoms with Gasteiger partial charge in [-0.2, -0.15) is 5.26 Å². The van der Waals surface area contributed by atoms with Crippen LogP contribution in [0.2, 0.25) is 0 Å². The Kier molecular flexibility index (Phi) is 3.47. The number of fused-ring (bicyclic) bond motifs is 3. The highest BCUT2D eigenvalue weighted by Crippen LogP contribution is 2.30. The summed E-state index contributed by atoms with van der Waals surface area (Å²) < 4.78 is 2.98. The van der Waals surface area contributed by atoms with Gasteiger partial charge in [0.2, 0.25) is 0 Å². The van der Waals surface area contributed by atoms with Crippen molar-refractivity contribution in [2.45, 2.75) is 6.92 Å². The number of para-hydroxylation sites is 3. The quantitative estimate of drug-likeness (QED) is 0.524. The summed E-state index contributed by atoms with van der Waals surface area (Å²) in [5, 5.41) is 13.0. The van der Waals surface area contributed by atoms with Crippen LogP contribution < -0.4 is 5.32 Å². The Morgan fingerprint density at radius 3 is 2.67 bits per heavy atom. The van der Waals surface area contributed by atoms with E-state index in [4.69, 9.17) is 0 Å². The molecule has 0 radical (unpaired) electrons. The maximum atomic E-state index is 9.54. The first kappa shape index (κ1) is 14.7. The second kappa shape index (κ2) is 5.66. The minimum Gasteiger partial charge on any atom is -0.340 e. The molecule has 116 valence electrons. The molecular formula is C19H13BrN4. The number of anilines is 2. The van der Waals surface area contributed by atoms with Gasteiger partial charge in [0.25, 0.3) is 0 Å². The summed E-state index contributed by atoms with van der Waals surface area (Å²) in [7, 11) is 0. The molecule has 0 aliphatic carbocycles.